The summed E-state index contributed by atoms with van der Waals surface area (Å²) in [6.45, 7) is 4.82. The van der Waals surface area contributed by atoms with Crippen molar-refractivity contribution in [2.24, 2.45) is 0 Å². The molecular formula is C13H22N4O. The predicted octanol–water partition coefficient (Wildman–Crippen LogP) is 2.10. The first-order valence-electron chi connectivity index (χ1n) is 6.76. The molecule has 1 unspecified atom stereocenters. The predicted molar refractivity (Wildman–Crippen MR) is 71.3 cm³/mol. The Labute approximate surface area is 108 Å². The van der Waals surface area contributed by atoms with Crippen LogP contribution < -0.4 is 5.73 Å². The highest BCUT2D eigenvalue weighted by Crippen LogP contribution is 2.23. The number of hydrogen-bond acceptors (Lipinski definition) is 3. The van der Waals surface area contributed by atoms with Crippen LogP contribution in [0.15, 0.2) is 0 Å². The number of hydrogen-bond donors (Lipinski definition) is 2. The molecule has 3 N–H and O–H groups in total. The van der Waals surface area contributed by atoms with Gasteiger partial charge in [-0.1, -0.05) is 19.8 Å². The molecule has 2 rings (SSSR count). The third-order valence-corrected chi connectivity index (χ3v) is 3.80. The van der Waals surface area contributed by atoms with Crippen LogP contribution in [-0.2, 0) is 0 Å². The van der Waals surface area contributed by atoms with Gasteiger partial charge in [-0.25, -0.2) is 0 Å². The molecule has 1 aromatic heterocycles. The summed E-state index contributed by atoms with van der Waals surface area (Å²) in [5, 5.41) is 6.69. The number of aromatic amines is 1. The molecule has 18 heavy (non-hydrogen) atoms. The maximum atomic E-state index is 12.6. The molecule has 0 bridgehead atoms. The minimum absolute atomic E-state index is 0.0347. The zero-order valence-electron chi connectivity index (χ0n) is 11.2. The van der Waals surface area contributed by atoms with Gasteiger partial charge in [0.05, 0.1) is 0 Å². The Kier molecular flexibility index (Phi) is 3.89. The Morgan fingerprint density at radius 3 is 2.89 bits per heavy atom. The van der Waals surface area contributed by atoms with E-state index in [4.69, 9.17) is 5.73 Å². The summed E-state index contributed by atoms with van der Waals surface area (Å²) in [5.41, 5.74) is 7.10. The molecule has 1 saturated heterocycles. The zero-order chi connectivity index (χ0) is 13.1. The van der Waals surface area contributed by atoms with Gasteiger partial charge in [0.2, 0.25) is 0 Å². The minimum Gasteiger partial charge on any atom is -0.382 e. The second-order valence-corrected chi connectivity index (χ2v) is 5.02. The standard InChI is InChI=1S/C13H22N4O/c1-3-10-7-5-4-6-8-17(10)13(18)11-9(2)15-16-12(11)14/h10H,3-8H2,1-2H3,(H3,14,15,16). The summed E-state index contributed by atoms with van der Waals surface area (Å²) in [7, 11) is 0. The topological polar surface area (TPSA) is 75.0 Å². The Balaban J connectivity index is 2.25. The Morgan fingerprint density at radius 1 is 1.50 bits per heavy atom. The fourth-order valence-corrected chi connectivity index (χ4v) is 2.73. The van der Waals surface area contributed by atoms with Crippen molar-refractivity contribution in [1.82, 2.24) is 15.1 Å². The van der Waals surface area contributed by atoms with E-state index in [1.54, 1.807) is 0 Å². The van der Waals surface area contributed by atoms with Crippen molar-refractivity contribution in [2.45, 2.75) is 52.0 Å². The average molecular weight is 250 g/mol. The van der Waals surface area contributed by atoms with Gasteiger partial charge in [0.15, 0.2) is 5.82 Å². The minimum atomic E-state index is 0.0347. The molecule has 5 heteroatoms. The summed E-state index contributed by atoms with van der Waals surface area (Å²) in [5.74, 6) is 0.351. The number of nitrogens with one attached hydrogen (secondary N) is 1. The van der Waals surface area contributed by atoms with Crippen LogP contribution in [0.3, 0.4) is 0 Å². The van der Waals surface area contributed by atoms with Gasteiger partial charge in [0.1, 0.15) is 5.56 Å². The van der Waals surface area contributed by atoms with E-state index in [2.05, 4.69) is 17.1 Å². The Hall–Kier alpha value is -1.52. The van der Waals surface area contributed by atoms with Gasteiger partial charge < -0.3 is 10.6 Å². The van der Waals surface area contributed by atoms with Crippen molar-refractivity contribution in [3.63, 3.8) is 0 Å². The fraction of sp³-hybridized carbons (Fsp3) is 0.692. The molecular weight excluding hydrogens is 228 g/mol. The van der Waals surface area contributed by atoms with Gasteiger partial charge in [0.25, 0.3) is 5.91 Å². The molecule has 1 aromatic rings. The average Bonchev–Trinajstić information content (AvgIpc) is 2.57. The van der Waals surface area contributed by atoms with E-state index < -0.39 is 0 Å². The highest BCUT2D eigenvalue weighted by molar-refractivity contribution is 5.99. The SMILES string of the molecule is CCC1CCCCCN1C(=O)c1c(N)n[nH]c1C. The third kappa shape index (κ3) is 2.35. The first kappa shape index (κ1) is 12.9. The molecule has 0 spiro atoms. The van der Waals surface area contributed by atoms with Crippen molar-refractivity contribution in [1.29, 1.82) is 0 Å². The Bertz CT molecular complexity index is 407. The number of carbonyl (C=O) groups excluding carboxylic acids is 1. The number of likely N-dealkylation sites (tertiary alicyclic amines) is 1. The normalized spacial score (nSPS) is 20.8. The van der Waals surface area contributed by atoms with E-state index in [9.17, 15) is 4.79 Å². The largest absolute Gasteiger partial charge is 0.382 e. The van der Waals surface area contributed by atoms with Crippen LogP contribution in [0.2, 0.25) is 0 Å². The van der Waals surface area contributed by atoms with Crippen LogP contribution in [0.25, 0.3) is 0 Å². The van der Waals surface area contributed by atoms with Crippen LogP contribution in [0.4, 0.5) is 5.82 Å². The van der Waals surface area contributed by atoms with E-state index in [0.717, 1.165) is 31.5 Å². The molecule has 5 nitrogen and oxygen atoms in total. The molecule has 1 aliphatic heterocycles. The van der Waals surface area contributed by atoms with E-state index in [-0.39, 0.29) is 5.91 Å². The first-order valence-corrected chi connectivity index (χ1v) is 6.76. The Morgan fingerprint density at radius 2 is 2.28 bits per heavy atom. The lowest BCUT2D eigenvalue weighted by Gasteiger charge is -2.29. The van der Waals surface area contributed by atoms with Crippen LogP contribution in [0, 0.1) is 6.92 Å². The molecule has 0 saturated carbocycles. The summed E-state index contributed by atoms with van der Waals surface area (Å²) in [4.78, 5) is 14.6. The number of nitrogen functional groups attached to an aromatic ring is 1. The van der Waals surface area contributed by atoms with Crippen molar-refractivity contribution < 1.29 is 4.79 Å². The van der Waals surface area contributed by atoms with Gasteiger partial charge in [-0.3, -0.25) is 9.89 Å². The molecule has 0 aliphatic carbocycles. The van der Waals surface area contributed by atoms with E-state index in [1.165, 1.54) is 12.8 Å². The number of nitrogens with zero attached hydrogens (tertiary/aromatic N) is 2. The van der Waals surface area contributed by atoms with Gasteiger partial charge >= 0.3 is 0 Å². The van der Waals surface area contributed by atoms with Gasteiger partial charge in [0, 0.05) is 18.3 Å². The number of anilines is 1. The number of rotatable bonds is 2. The zero-order valence-corrected chi connectivity index (χ0v) is 11.2. The highest BCUT2D eigenvalue weighted by atomic mass is 16.2. The summed E-state index contributed by atoms with van der Waals surface area (Å²) < 4.78 is 0. The molecule has 0 radical (unpaired) electrons. The molecule has 1 fully saturated rings. The maximum Gasteiger partial charge on any atom is 0.259 e. The lowest BCUT2D eigenvalue weighted by Crippen LogP contribution is -2.40. The van der Waals surface area contributed by atoms with E-state index >= 15 is 0 Å². The summed E-state index contributed by atoms with van der Waals surface area (Å²) in [6.07, 6.45) is 5.60. The van der Waals surface area contributed by atoms with Crippen LogP contribution in [0.1, 0.15) is 55.1 Å². The number of aromatic nitrogens is 2. The molecule has 100 valence electrons. The summed E-state index contributed by atoms with van der Waals surface area (Å²) >= 11 is 0. The molecule has 1 aliphatic rings. The van der Waals surface area contributed by atoms with Gasteiger partial charge in [-0.15, -0.1) is 0 Å². The monoisotopic (exact) mass is 250 g/mol. The fourth-order valence-electron chi connectivity index (χ4n) is 2.73. The lowest BCUT2D eigenvalue weighted by atomic mass is 10.1. The number of nitrogens with two attached hydrogens (primary N) is 1. The van der Waals surface area contributed by atoms with E-state index in [1.807, 2.05) is 11.8 Å². The molecule has 1 amide bonds. The van der Waals surface area contributed by atoms with Crippen molar-refractivity contribution in [2.75, 3.05) is 12.3 Å². The van der Waals surface area contributed by atoms with E-state index in [0.29, 0.717) is 17.4 Å². The summed E-state index contributed by atoms with van der Waals surface area (Å²) in [6, 6.07) is 0.341. The second-order valence-electron chi connectivity index (χ2n) is 5.02. The smallest absolute Gasteiger partial charge is 0.259 e. The third-order valence-electron chi connectivity index (χ3n) is 3.80. The number of carbonyl (C=O) groups is 1. The maximum absolute atomic E-state index is 12.6. The van der Waals surface area contributed by atoms with Gasteiger partial charge in [-0.05, 0) is 26.2 Å². The number of amides is 1. The quantitative estimate of drug-likeness (QED) is 0.844. The number of aryl methyl sites for hydroxylation is 1. The van der Waals surface area contributed by atoms with Crippen molar-refractivity contribution in [3.8, 4) is 0 Å². The molecule has 0 aromatic carbocycles. The lowest BCUT2D eigenvalue weighted by molar-refractivity contribution is 0.0678. The second kappa shape index (κ2) is 5.42. The van der Waals surface area contributed by atoms with Crippen molar-refractivity contribution >= 4 is 11.7 Å². The van der Waals surface area contributed by atoms with Crippen LogP contribution in [0.5, 0.6) is 0 Å². The van der Waals surface area contributed by atoms with Gasteiger partial charge in [-0.2, -0.15) is 5.10 Å². The van der Waals surface area contributed by atoms with Crippen molar-refractivity contribution in [3.05, 3.63) is 11.3 Å². The molecule has 2 heterocycles. The molecule has 1 atom stereocenters. The first-order chi connectivity index (χ1) is 8.65. The number of H-pyrrole nitrogens is 1. The highest BCUT2D eigenvalue weighted by Gasteiger charge is 2.28. The van der Waals surface area contributed by atoms with Crippen LogP contribution >= 0.6 is 0 Å². The van der Waals surface area contributed by atoms with Crippen LogP contribution in [-0.4, -0.2) is 33.6 Å².